The smallest absolute Gasteiger partial charge is 0.288 e. The van der Waals surface area contributed by atoms with E-state index >= 15 is 0 Å². The summed E-state index contributed by atoms with van der Waals surface area (Å²) in [5.74, 6) is -1.39. The molecule has 4 nitrogen and oxygen atoms in total. The molecule has 2 aromatic carbocycles. The average Bonchev–Trinajstić information content (AvgIpc) is 3.04. The summed E-state index contributed by atoms with van der Waals surface area (Å²) in [4.78, 5) is 10.6. The molecule has 0 amide bonds. The molecule has 0 bridgehead atoms. The minimum Gasteiger partial charge on any atom is -0.375 e. The van der Waals surface area contributed by atoms with Gasteiger partial charge < -0.3 is 5.32 Å². The SMILES string of the molecule is O=[N+]([O-])c1cc([C@@H]2Nc3c(F)cc(F)cc3[C@@H]3C=CC[C@H]32)ccc1Cl. The van der Waals surface area contributed by atoms with Gasteiger partial charge in [0.25, 0.3) is 5.69 Å². The van der Waals surface area contributed by atoms with E-state index in [4.69, 9.17) is 11.6 Å². The number of hydrogen-bond donors (Lipinski definition) is 1. The lowest BCUT2D eigenvalue weighted by atomic mass is 9.77. The monoisotopic (exact) mass is 362 g/mol. The third kappa shape index (κ3) is 2.57. The average molecular weight is 363 g/mol. The van der Waals surface area contributed by atoms with Crippen LogP contribution in [0.15, 0.2) is 42.5 Å². The molecule has 1 aliphatic carbocycles. The number of nitro groups is 1. The largest absolute Gasteiger partial charge is 0.375 e. The normalized spacial score (nSPS) is 23.7. The Kier molecular flexibility index (Phi) is 3.72. The molecule has 0 aromatic heterocycles. The van der Waals surface area contributed by atoms with Crippen molar-refractivity contribution in [3.8, 4) is 0 Å². The van der Waals surface area contributed by atoms with Gasteiger partial charge in [-0.3, -0.25) is 10.1 Å². The Hall–Kier alpha value is -2.47. The number of fused-ring (bicyclic) bond motifs is 3. The molecule has 0 unspecified atom stereocenters. The third-order valence-electron chi connectivity index (χ3n) is 4.91. The zero-order chi connectivity index (χ0) is 17.7. The van der Waals surface area contributed by atoms with Crippen LogP contribution < -0.4 is 5.32 Å². The summed E-state index contributed by atoms with van der Waals surface area (Å²) < 4.78 is 27.9. The van der Waals surface area contributed by atoms with Gasteiger partial charge in [0.1, 0.15) is 16.7 Å². The quantitative estimate of drug-likeness (QED) is 0.445. The highest BCUT2D eigenvalue weighted by Crippen LogP contribution is 2.51. The van der Waals surface area contributed by atoms with Crippen molar-refractivity contribution in [1.29, 1.82) is 0 Å². The summed E-state index contributed by atoms with van der Waals surface area (Å²) in [5, 5.41) is 14.3. The highest BCUT2D eigenvalue weighted by molar-refractivity contribution is 6.32. The second-order valence-electron chi connectivity index (χ2n) is 6.30. The van der Waals surface area contributed by atoms with Crippen LogP contribution in [-0.4, -0.2) is 4.92 Å². The van der Waals surface area contributed by atoms with E-state index in [1.165, 1.54) is 18.2 Å². The molecule has 0 saturated heterocycles. The molecule has 1 heterocycles. The topological polar surface area (TPSA) is 55.2 Å². The fraction of sp³-hybridized carbons (Fsp3) is 0.222. The van der Waals surface area contributed by atoms with Crippen molar-refractivity contribution in [3.05, 3.63) is 80.4 Å². The first kappa shape index (κ1) is 16.0. The summed E-state index contributed by atoms with van der Waals surface area (Å²) in [7, 11) is 0. The summed E-state index contributed by atoms with van der Waals surface area (Å²) in [6.45, 7) is 0. The summed E-state index contributed by atoms with van der Waals surface area (Å²) in [6.07, 6.45) is 4.64. The van der Waals surface area contributed by atoms with Crippen molar-refractivity contribution in [2.75, 3.05) is 5.32 Å². The number of nitrogens with one attached hydrogen (secondary N) is 1. The maximum Gasteiger partial charge on any atom is 0.288 e. The predicted octanol–water partition coefficient (Wildman–Crippen LogP) is 5.35. The van der Waals surface area contributed by atoms with Crippen LogP contribution in [0.1, 0.15) is 29.5 Å². The Morgan fingerprint density at radius 1 is 1.24 bits per heavy atom. The van der Waals surface area contributed by atoms with Crippen molar-refractivity contribution in [3.63, 3.8) is 0 Å². The highest BCUT2D eigenvalue weighted by atomic mass is 35.5. The van der Waals surface area contributed by atoms with Gasteiger partial charge in [0.05, 0.1) is 16.7 Å². The molecule has 0 saturated carbocycles. The zero-order valence-electron chi connectivity index (χ0n) is 12.9. The second kappa shape index (κ2) is 5.81. The highest BCUT2D eigenvalue weighted by Gasteiger charge is 2.39. The van der Waals surface area contributed by atoms with Crippen LogP contribution in [-0.2, 0) is 0 Å². The van der Waals surface area contributed by atoms with Gasteiger partial charge in [-0.1, -0.05) is 29.8 Å². The van der Waals surface area contributed by atoms with E-state index in [0.717, 1.165) is 12.5 Å². The lowest BCUT2D eigenvalue weighted by molar-refractivity contribution is -0.384. The predicted molar refractivity (Wildman–Crippen MR) is 90.8 cm³/mol. The Bertz CT molecular complexity index is 916. The van der Waals surface area contributed by atoms with E-state index in [0.29, 0.717) is 11.1 Å². The van der Waals surface area contributed by atoms with Gasteiger partial charge >= 0.3 is 0 Å². The lowest BCUT2D eigenvalue weighted by Crippen LogP contribution is -2.30. The maximum atomic E-state index is 14.3. The number of benzene rings is 2. The van der Waals surface area contributed by atoms with Crippen LogP contribution in [0.25, 0.3) is 0 Å². The molecule has 7 heteroatoms. The number of hydrogen-bond acceptors (Lipinski definition) is 3. The molecule has 25 heavy (non-hydrogen) atoms. The molecule has 2 aliphatic rings. The number of rotatable bonds is 2. The van der Waals surface area contributed by atoms with Crippen molar-refractivity contribution in [1.82, 2.24) is 0 Å². The van der Waals surface area contributed by atoms with Crippen molar-refractivity contribution in [2.24, 2.45) is 5.92 Å². The molecule has 0 fully saturated rings. The second-order valence-corrected chi connectivity index (χ2v) is 6.70. The Balaban J connectivity index is 1.82. The molecule has 4 rings (SSSR count). The van der Waals surface area contributed by atoms with E-state index in [1.54, 1.807) is 6.07 Å². The van der Waals surface area contributed by atoms with Crippen molar-refractivity contribution < 1.29 is 13.7 Å². The molecule has 0 spiro atoms. The van der Waals surface area contributed by atoms with E-state index in [-0.39, 0.29) is 34.3 Å². The first-order valence-electron chi connectivity index (χ1n) is 7.81. The van der Waals surface area contributed by atoms with Crippen LogP contribution in [0.5, 0.6) is 0 Å². The van der Waals surface area contributed by atoms with Crippen LogP contribution in [0, 0.1) is 27.7 Å². The zero-order valence-corrected chi connectivity index (χ0v) is 13.6. The van der Waals surface area contributed by atoms with Gasteiger partial charge in [-0.05, 0) is 35.6 Å². The fourth-order valence-corrected chi connectivity index (χ4v) is 4.00. The Morgan fingerprint density at radius 3 is 2.80 bits per heavy atom. The molecule has 1 N–H and O–H groups in total. The number of anilines is 1. The Labute approximate surface area is 147 Å². The number of allylic oxidation sites excluding steroid dienone is 2. The standard InChI is InChI=1S/C18H13ClF2N2O2/c19-14-5-4-9(6-16(14)23(24)25)17-12-3-1-2-11(12)13-7-10(20)8-15(21)18(13)22-17/h1-2,4-8,11-12,17,22H,3H2/t11-,12-,17+/m1/s1. The summed E-state index contributed by atoms with van der Waals surface area (Å²) in [6, 6.07) is 6.45. The summed E-state index contributed by atoms with van der Waals surface area (Å²) in [5.41, 5.74) is 1.30. The minimum absolute atomic E-state index is 0.0227. The first-order valence-corrected chi connectivity index (χ1v) is 8.19. The molecule has 2 aromatic rings. The number of nitrogens with zero attached hydrogens (tertiary/aromatic N) is 1. The van der Waals surface area contributed by atoms with E-state index in [2.05, 4.69) is 5.32 Å². The Morgan fingerprint density at radius 2 is 2.04 bits per heavy atom. The number of nitro benzene ring substituents is 1. The van der Waals surface area contributed by atoms with Gasteiger partial charge in [0.15, 0.2) is 0 Å². The van der Waals surface area contributed by atoms with Crippen LogP contribution in [0.4, 0.5) is 20.2 Å². The first-order chi connectivity index (χ1) is 12.0. The van der Waals surface area contributed by atoms with Gasteiger partial charge in [-0.15, -0.1) is 0 Å². The minimum atomic E-state index is -0.665. The van der Waals surface area contributed by atoms with Gasteiger partial charge in [0.2, 0.25) is 0 Å². The number of halogens is 3. The van der Waals surface area contributed by atoms with Gasteiger partial charge in [-0.2, -0.15) is 0 Å². The lowest BCUT2D eigenvalue weighted by Gasteiger charge is -2.37. The molecule has 1 aliphatic heterocycles. The molecule has 3 atom stereocenters. The van der Waals surface area contributed by atoms with Gasteiger partial charge in [0, 0.05) is 18.1 Å². The summed E-state index contributed by atoms with van der Waals surface area (Å²) >= 11 is 5.89. The maximum absolute atomic E-state index is 14.3. The van der Waals surface area contributed by atoms with E-state index in [9.17, 15) is 18.9 Å². The molecule has 0 radical (unpaired) electrons. The molecular weight excluding hydrogens is 350 g/mol. The van der Waals surface area contributed by atoms with Crippen molar-refractivity contribution in [2.45, 2.75) is 18.4 Å². The van der Waals surface area contributed by atoms with Gasteiger partial charge in [-0.25, -0.2) is 8.78 Å². The third-order valence-corrected chi connectivity index (χ3v) is 5.23. The van der Waals surface area contributed by atoms with Crippen molar-refractivity contribution >= 4 is 23.0 Å². The van der Waals surface area contributed by atoms with Crippen LogP contribution in [0.2, 0.25) is 5.02 Å². The fourth-order valence-electron chi connectivity index (χ4n) is 3.81. The van der Waals surface area contributed by atoms with E-state index in [1.807, 2.05) is 12.2 Å². The van der Waals surface area contributed by atoms with E-state index < -0.39 is 16.6 Å². The molecular formula is C18H13ClF2N2O2. The van der Waals surface area contributed by atoms with Crippen LogP contribution >= 0.6 is 11.6 Å². The van der Waals surface area contributed by atoms with Crippen LogP contribution in [0.3, 0.4) is 0 Å². The molecule has 128 valence electrons.